The van der Waals surface area contributed by atoms with Crippen molar-refractivity contribution in [2.75, 3.05) is 6.61 Å². The highest BCUT2D eigenvalue weighted by Gasteiger charge is 2.56. The SMILES string of the molecule is CC(=O)OC[C@H]1O[C@@H](O)[C@@H](OS(=O)(=O)C(F)(F)F)[C@H](OC(C)=O)[C@H]1OC(C)=O. The number of alkyl halides is 3. The highest BCUT2D eigenvalue weighted by molar-refractivity contribution is 7.87. The van der Waals surface area contributed by atoms with Crippen LogP contribution in [-0.2, 0) is 47.6 Å². The molecule has 0 spiro atoms. The standard InChI is InChI=1S/C13H17F3O11S/c1-5(17)23-4-8-9(24-6(2)18)10(25-7(3)19)11(12(20)26-8)27-28(21,22)13(14,15)16/h8-12,20H,4H2,1-3H3/t8-,9+,10-,11+,12-/m1/s1. The summed E-state index contributed by atoms with van der Waals surface area (Å²) in [7, 11) is -6.25. The minimum atomic E-state index is -6.25. The monoisotopic (exact) mass is 438 g/mol. The van der Waals surface area contributed by atoms with Crippen LogP contribution in [0.3, 0.4) is 0 Å². The molecular weight excluding hydrogens is 421 g/mol. The largest absolute Gasteiger partial charge is 0.523 e. The summed E-state index contributed by atoms with van der Waals surface area (Å²) < 4.78 is 83.5. The fourth-order valence-corrected chi connectivity index (χ4v) is 2.80. The number of aliphatic hydroxyl groups is 1. The van der Waals surface area contributed by atoms with Gasteiger partial charge in [-0.15, -0.1) is 0 Å². The van der Waals surface area contributed by atoms with Crippen LogP contribution in [0.15, 0.2) is 0 Å². The summed E-state index contributed by atoms with van der Waals surface area (Å²) in [4.78, 5) is 33.6. The zero-order valence-electron chi connectivity index (χ0n) is 14.7. The van der Waals surface area contributed by atoms with Gasteiger partial charge in [-0.1, -0.05) is 0 Å². The van der Waals surface area contributed by atoms with E-state index in [1.807, 2.05) is 0 Å². The molecule has 1 saturated heterocycles. The molecule has 1 aliphatic rings. The predicted octanol–water partition coefficient (Wildman–Crippen LogP) is -0.635. The Morgan fingerprint density at radius 1 is 0.964 bits per heavy atom. The Bertz CT molecular complexity index is 705. The van der Waals surface area contributed by atoms with E-state index < -0.39 is 70.8 Å². The van der Waals surface area contributed by atoms with E-state index in [0.717, 1.165) is 20.8 Å². The Kier molecular flexibility index (Phi) is 7.75. The number of carbonyl (C=O) groups is 3. The van der Waals surface area contributed by atoms with Crippen molar-refractivity contribution in [3.05, 3.63) is 0 Å². The Morgan fingerprint density at radius 3 is 1.89 bits per heavy atom. The van der Waals surface area contributed by atoms with Crippen molar-refractivity contribution >= 4 is 28.0 Å². The zero-order valence-corrected chi connectivity index (χ0v) is 15.5. The molecule has 0 unspecified atom stereocenters. The molecule has 28 heavy (non-hydrogen) atoms. The summed E-state index contributed by atoms with van der Waals surface area (Å²) in [5.74, 6) is -2.96. The third-order valence-electron chi connectivity index (χ3n) is 3.19. The second-order valence-corrected chi connectivity index (χ2v) is 7.04. The summed E-state index contributed by atoms with van der Waals surface area (Å²) in [6.07, 6.45) is -10.1. The quantitative estimate of drug-likeness (QED) is 0.244. The lowest BCUT2D eigenvalue weighted by molar-refractivity contribution is -0.288. The van der Waals surface area contributed by atoms with Crippen LogP contribution >= 0.6 is 0 Å². The fourth-order valence-electron chi connectivity index (χ4n) is 2.19. The van der Waals surface area contributed by atoms with E-state index in [1.54, 1.807) is 0 Å². The van der Waals surface area contributed by atoms with E-state index in [0.29, 0.717) is 0 Å². The number of esters is 3. The topological polar surface area (TPSA) is 152 Å². The number of rotatable bonds is 6. The van der Waals surface area contributed by atoms with Gasteiger partial charge in [0.15, 0.2) is 24.6 Å². The van der Waals surface area contributed by atoms with Gasteiger partial charge in [0, 0.05) is 20.8 Å². The van der Waals surface area contributed by atoms with E-state index in [9.17, 15) is 41.1 Å². The molecule has 1 fully saturated rings. The van der Waals surface area contributed by atoms with E-state index in [1.165, 1.54) is 0 Å². The van der Waals surface area contributed by atoms with Crippen molar-refractivity contribution in [2.45, 2.75) is 57.0 Å². The van der Waals surface area contributed by atoms with Gasteiger partial charge >= 0.3 is 33.5 Å². The van der Waals surface area contributed by atoms with E-state index in [4.69, 9.17) is 14.2 Å². The first-order chi connectivity index (χ1) is 12.7. The number of halogens is 3. The lowest BCUT2D eigenvalue weighted by atomic mass is 9.98. The fraction of sp³-hybridized carbons (Fsp3) is 0.769. The van der Waals surface area contributed by atoms with Gasteiger partial charge in [0.05, 0.1) is 0 Å². The third-order valence-corrected chi connectivity index (χ3v) is 4.23. The summed E-state index contributed by atoms with van der Waals surface area (Å²) in [5.41, 5.74) is -5.86. The molecule has 0 saturated carbocycles. The van der Waals surface area contributed by atoms with Crippen molar-refractivity contribution in [2.24, 2.45) is 0 Å². The first kappa shape index (κ1) is 24.1. The molecule has 15 heteroatoms. The smallest absolute Gasteiger partial charge is 0.463 e. The van der Waals surface area contributed by atoms with Crippen LogP contribution in [0.5, 0.6) is 0 Å². The lowest BCUT2D eigenvalue weighted by Gasteiger charge is -2.42. The molecule has 0 aliphatic carbocycles. The molecule has 1 N–H and O–H groups in total. The normalized spacial score (nSPS) is 28.3. The van der Waals surface area contributed by atoms with E-state index in [2.05, 4.69) is 8.92 Å². The van der Waals surface area contributed by atoms with Crippen molar-refractivity contribution in [3.63, 3.8) is 0 Å². The number of carbonyl (C=O) groups excluding carboxylic acids is 3. The third kappa shape index (κ3) is 6.29. The van der Waals surface area contributed by atoms with Crippen LogP contribution in [0.2, 0.25) is 0 Å². The molecule has 1 heterocycles. The van der Waals surface area contributed by atoms with Crippen molar-refractivity contribution < 1.29 is 64.2 Å². The average molecular weight is 438 g/mol. The Hall–Kier alpha value is -1.97. The van der Waals surface area contributed by atoms with Crippen molar-refractivity contribution in [1.82, 2.24) is 0 Å². The number of hydrogen-bond donors (Lipinski definition) is 1. The number of hydrogen-bond acceptors (Lipinski definition) is 11. The molecule has 1 rings (SSSR count). The van der Waals surface area contributed by atoms with Gasteiger partial charge in [0.2, 0.25) is 0 Å². The maximum absolute atomic E-state index is 12.6. The zero-order chi connectivity index (χ0) is 21.9. The molecule has 1 aliphatic heterocycles. The Labute approximate surface area is 156 Å². The summed E-state index contributed by atoms with van der Waals surface area (Å²) in [6.45, 7) is 2.05. The molecular formula is C13H17F3O11S. The minimum Gasteiger partial charge on any atom is -0.463 e. The molecule has 0 radical (unpaired) electrons. The second-order valence-electron chi connectivity index (χ2n) is 5.48. The van der Waals surface area contributed by atoms with Crippen molar-refractivity contribution in [1.29, 1.82) is 0 Å². The van der Waals surface area contributed by atoms with Crippen LogP contribution in [0.1, 0.15) is 20.8 Å². The van der Waals surface area contributed by atoms with Crippen LogP contribution < -0.4 is 0 Å². The van der Waals surface area contributed by atoms with Crippen molar-refractivity contribution in [3.8, 4) is 0 Å². The van der Waals surface area contributed by atoms with Gasteiger partial charge in [0.1, 0.15) is 12.7 Å². The molecule has 0 aromatic carbocycles. The average Bonchev–Trinajstić information content (AvgIpc) is 2.49. The van der Waals surface area contributed by atoms with E-state index in [-0.39, 0.29) is 0 Å². The van der Waals surface area contributed by atoms with Crippen LogP contribution in [0.4, 0.5) is 13.2 Å². The predicted molar refractivity (Wildman–Crippen MR) is 78.5 cm³/mol. The maximum Gasteiger partial charge on any atom is 0.523 e. The van der Waals surface area contributed by atoms with Gasteiger partial charge < -0.3 is 24.1 Å². The number of ether oxygens (including phenoxy) is 4. The van der Waals surface area contributed by atoms with Crippen LogP contribution in [0.25, 0.3) is 0 Å². The van der Waals surface area contributed by atoms with Gasteiger partial charge in [-0.25, -0.2) is 0 Å². The maximum atomic E-state index is 12.6. The van der Waals surface area contributed by atoms with Gasteiger partial charge in [-0.2, -0.15) is 21.6 Å². The lowest BCUT2D eigenvalue weighted by Crippen LogP contribution is -2.62. The van der Waals surface area contributed by atoms with Crippen LogP contribution in [0, 0.1) is 0 Å². The highest BCUT2D eigenvalue weighted by Crippen LogP contribution is 2.33. The molecule has 5 atom stereocenters. The molecule has 11 nitrogen and oxygen atoms in total. The molecule has 0 aromatic rings. The molecule has 0 bridgehead atoms. The summed E-state index contributed by atoms with van der Waals surface area (Å²) >= 11 is 0. The summed E-state index contributed by atoms with van der Waals surface area (Å²) in [6, 6.07) is 0. The number of aliphatic hydroxyl groups excluding tert-OH is 1. The van der Waals surface area contributed by atoms with Gasteiger partial charge in [0.25, 0.3) is 0 Å². The highest BCUT2D eigenvalue weighted by atomic mass is 32.2. The molecule has 0 aromatic heterocycles. The van der Waals surface area contributed by atoms with E-state index >= 15 is 0 Å². The first-order valence-electron chi connectivity index (χ1n) is 7.46. The Morgan fingerprint density at radius 2 is 1.46 bits per heavy atom. The van der Waals surface area contributed by atoms with Gasteiger partial charge in [-0.05, 0) is 0 Å². The summed E-state index contributed by atoms with van der Waals surface area (Å²) in [5, 5.41) is 9.92. The van der Waals surface area contributed by atoms with Gasteiger partial charge in [-0.3, -0.25) is 18.6 Å². The minimum absolute atomic E-state index is 0.666. The molecule has 0 amide bonds. The Balaban J connectivity index is 3.29. The molecule has 162 valence electrons. The first-order valence-corrected chi connectivity index (χ1v) is 8.87. The van der Waals surface area contributed by atoms with Crippen LogP contribution in [-0.4, -0.2) is 74.3 Å². The second kappa shape index (κ2) is 9.02.